The number of carbonyl (C=O) groups is 1. The molecule has 1 aromatic carbocycles. The number of nitrogens with one attached hydrogen (secondary N) is 1. The first-order valence-corrected chi connectivity index (χ1v) is 7.09. The lowest BCUT2D eigenvalue weighted by molar-refractivity contribution is -0.135. The average Bonchev–Trinajstić information content (AvgIpc) is 2.76. The largest absolute Gasteiger partial charge is 0.379 e. The van der Waals surface area contributed by atoms with Crippen LogP contribution in [0, 0.1) is 5.82 Å². The van der Waals surface area contributed by atoms with Gasteiger partial charge in [-0.05, 0) is 25.8 Å². The van der Waals surface area contributed by atoms with E-state index in [1.807, 2.05) is 6.92 Å². The summed E-state index contributed by atoms with van der Waals surface area (Å²) in [5, 5.41) is 3.19. The molecule has 0 saturated carbocycles. The van der Waals surface area contributed by atoms with Crippen molar-refractivity contribution in [2.24, 2.45) is 0 Å². The highest BCUT2D eigenvalue weighted by molar-refractivity contribution is 5.84. The molecule has 4 nitrogen and oxygen atoms in total. The minimum Gasteiger partial charge on any atom is -0.379 e. The van der Waals surface area contributed by atoms with Crippen molar-refractivity contribution in [2.75, 3.05) is 13.2 Å². The van der Waals surface area contributed by atoms with Gasteiger partial charge < -0.3 is 9.64 Å². The Morgan fingerprint density at radius 1 is 1.40 bits per heavy atom. The summed E-state index contributed by atoms with van der Waals surface area (Å²) in [5.41, 5.74) is 0.524. The first-order valence-electron chi connectivity index (χ1n) is 7.09. The van der Waals surface area contributed by atoms with E-state index in [-0.39, 0.29) is 23.8 Å². The molecule has 2 saturated heterocycles. The Hall–Kier alpha value is -1.46. The van der Waals surface area contributed by atoms with Crippen molar-refractivity contribution in [2.45, 2.75) is 38.0 Å². The van der Waals surface area contributed by atoms with E-state index in [9.17, 15) is 9.18 Å². The number of rotatable bonds is 2. The fourth-order valence-corrected chi connectivity index (χ4v) is 3.01. The number of halogens is 1. The molecule has 0 aliphatic carbocycles. The van der Waals surface area contributed by atoms with Gasteiger partial charge in [-0.1, -0.05) is 18.2 Å². The van der Waals surface area contributed by atoms with Gasteiger partial charge in [0.1, 0.15) is 12.0 Å². The van der Waals surface area contributed by atoms with Crippen LogP contribution in [0.5, 0.6) is 0 Å². The van der Waals surface area contributed by atoms with E-state index in [0.717, 1.165) is 19.4 Å². The third kappa shape index (κ3) is 2.31. The van der Waals surface area contributed by atoms with Crippen molar-refractivity contribution in [1.82, 2.24) is 10.2 Å². The number of amides is 1. The zero-order chi connectivity index (χ0) is 14.1. The number of carbonyl (C=O) groups excluding carboxylic acids is 1. The second-order valence-electron chi connectivity index (χ2n) is 5.43. The molecule has 1 N–H and O–H groups in total. The van der Waals surface area contributed by atoms with Crippen LogP contribution >= 0.6 is 0 Å². The molecule has 3 unspecified atom stereocenters. The van der Waals surface area contributed by atoms with Crippen LogP contribution in [0.25, 0.3) is 0 Å². The highest BCUT2D eigenvalue weighted by atomic mass is 19.1. The highest BCUT2D eigenvalue weighted by Crippen LogP contribution is 2.31. The lowest BCUT2D eigenvalue weighted by atomic mass is 10.1. The SMILES string of the molecule is CC1NC(c2ccccc2F)N(C2CCCOC2)C1=O. The van der Waals surface area contributed by atoms with Gasteiger partial charge in [-0.15, -0.1) is 0 Å². The van der Waals surface area contributed by atoms with E-state index in [1.54, 1.807) is 23.1 Å². The third-order valence-corrected chi connectivity index (χ3v) is 4.04. The van der Waals surface area contributed by atoms with E-state index in [2.05, 4.69) is 5.32 Å². The van der Waals surface area contributed by atoms with Crippen molar-refractivity contribution in [1.29, 1.82) is 0 Å². The standard InChI is InChI=1S/C15H19FN2O2/c1-10-15(19)18(11-5-4-8-20-9-11)14(17-10)12-6-2-3-7-13(12)16/h2-3,6-7,10-11,14,17H,4-5,8-9H2,1H3. The number of hydrogen-bond donors (Lipinski definition) is 1. The Labute approximate surface area is 117 Å². The molecule has 0 radical (unpaired) electrons. The Morgan fingerprint density at radius 3 is 2.90 bits per heavy atom. The topological polar surface area (TPSA) is 41.6 Å². The van der Waals surface area contributed by atoms with E-state index >= 15 is 0 Å². The molecule has 108 valence electrons. The molecule has 2 aliphatic rings. The van der Waals surface area contributed by atoms with Crippen LogP contribution in [0.15, 0.2) is 24.3 Å². The highest BCUT2D eigenvalue weighted by Gasteiger charge is 2.42. The second-order valence-corrected chi connectivity index (χ2v) is 5.43. The molecule has 0 aromatic heterocycles. The molecular formula is C15H19FN2O2. The first-order chi connectivity index (χ1) is 9.68. The smallest absolute Gasteiger partial charge is 0.241 e. The molecule has 3 atom stereocenters. The van der Waals surface area contributed by atoms with Crippen LogP contribution < -0.4 is 5.32 Å². The summed E-state index contributed by atoms with van der Waals surface area (Å²) < 4.78 is 19.5. The number of nitrogens with zero attached hydrogens (tertiary/aromatic N) is 1. The van der Waals surface area contributed by atoms with Crippen LogP contribution in [0.4, 0.5) is 4.39 Å². The lowest BCUT2D eigenvalue weighted by Gasteiger charge is -2.35. The van der Waals surface area contributed by atoms with Crippen molar-refractivity contribution < 1.29 is 13.9 Å². The fourth-order valence-electron chi connectivity index (χ4n) is 3.01. The summed E-state index contributed by atoms with van der Waals surface area (Å²) in [6.45, 7) is 3.09. The van der Waals surface area contributed by atoms with Gasteiger partial charge >= 0.3 is 0 Å². The van der Waals surface area contributed by atoms with Crippen LogP contribution in [0.2, 0.25) is 0 Å². The molecule has 5 heteroatoms. The van der Waals surface area contributed by atoms with E-state index in [4.69, 9.17) is 4.74 Å². The Kier molecular flexibility index (Phi) is 3.72. The second kappa shape index (κ2) is 5.50. The summed E-state index contributed by atoms with van der Waals surface area (Å²) in [4.78, 5) is 14.2. The third-order valence-electron chi connectivity index (χ3n) is 4.04. The molecule has 0 spiro atoms. The molecule has 0 bridgehead atoms. The van der Waals surface area contributed by atoms with Crippen LogP contribution in [0.1, 0.15) is 31.5 Å². The lowest BCUT2D eigenvalue weighted by Crippen LogP contribution is -2.44. The fraction of sp³-hybridized carbons (Fsp3) is 0.533. The number of benzene rings is 1. The predicted octanol–water partition coefficient (Wildman–Crippen LogP) is 1.82. The average molecular weight is 278 g/mol. The van der Waals surface area contributed by atoms with Gasteiger partial charge in [0.2, 0.25) is 5.91 Å². The summed E-state index contributed by atoms with van der Waals surface area (Å²) >= 11 is 0. The molecule has 2 fully saturated rings. The molecule has 2 heterocycles. The Balaban J connectivity index is 1.91. The Morgan fingerprint density at radius 2 is 2.20 bits per heavy atom. The quantitative estimate of drug-likeness (QED) is 0.897. The molecule has 1 aromatic rings. The van der Waals surface area contributed by atoms with Gasteiger partial charge in [-0.25, -0.2) is 4.39 Å². The zero-order valence-electron chi connectivity index (χ0n) is 11.5. The summed E-state index contributed by atoms with van der Waals surface area (Å²) in [6, 6.07) is 6.35. The van der Waals surface area contributed by atoms with Crippen LogP contribution in [0.3, 0.4) is 0 Å². The summed E-state index contributed by atoms with van der Waals surface area (Å²) in [5.74, 6) is -0.262. The molecule has 1 amide bonds. The maximum Gasteiger partial charge on any atom is 0.241 e. The molecule has 20 heavy (non-hydrogen) atoms. The van der Waals surface area contributed by atoms with Crippen LogP contribution in [-0.4, -0.2) is 36.1 Å². The van der Waals surface area contributed by atoms with Crippen molar-refractivity contribution in [3.8, 4) is 0 Å². The molecule has 2 aliphatic heterocycles. The van der Waals surface area contributed by atoms with Crippen molar-refractivity contribution in [3.05, 3.63) is 35.6 Å². The summed E-state index contributed by atoms with van der Waals surface area (Å²) in [7, 11) is 0. The number of hydrogen-bond acceptors (Lipinski definition) is 3. The van der Waals surface area contributed by atoms with Crippen molar-refractivity contribution >= 4 is 5.91 Å². The molecular weight excluding hydrogens is 259 g/mol. The van der Waals surface area contributed by atoms with Crippen LogP contribution in [-0.2, 0) is 9.53 Å². The first kappa shape index (κ1) is 13.5. The van der Waals surface area contributed by atoms with Gasteiger partial charge in [0.25, 0.3) is 0 Å². The summed E-state index contributed by atoms with van der Waals surface area (Å²) in [6.07, 6.45) is 1.45. The van der Waals surface area contributed by atoms with Gasteiger partial charge in [0, 0.05) is 12.2 Å². The number of ether oxygens (including phenoxy) is 1. The predicted molar refractivity (Wildman–Crippen MR) is 72.4 cm³/mol. The van der Waals surface area contributed by atoms with Gasteiger partial charge in [0.05, 0.1) is 18.7 Å². The normalized spacial score (nSPS) is 30.8. The minimum absolute atomic E-state index is 0.0220. The minimum atomic E-state index is -0.398. The Bertz CT molecular complexity index is 502. The zero-order valence-corrected chi connectivity index (χ0v) is 11.5. The van der Waals surface area contributed by atoms with Gasteiger partial charge in [0.15, 0.2) is 0 Å². The van der Waals surface area contributed by atoms with Gasteiger partial charge in [-0.3, -0.25) is 10.1 Å². The van der Waals surface area contributed by atoms with E-state index < -0.39 is 6.17 Å². The monoisotopic (exact) mass is 278 g/mol. The van der Waals surface area contributed by atoms with Crippen molar-refractivity contribution in [3.63, 3.8) is 0 Å². The van der Waals surface area contributed by atoms with E-state index in [0.29, 0.717) is 12.2 Å². The molecule has 3 rings (SSSR count). The van der Waals surface area contributed by atoms with Gasteiger partial charge in [-0.2, -0.15) is 0 Å². The van der Waals surface area contributed by atoms with E-state index in [1.165, 1.54) is 6.07 Å². The maximum absolute atomic E-state index is 14.0. The maximum atomic E-state index is 14.0.